The van der Waals surface area contributed by atoms with E-state index < -0.39 is 11.9 Å². The van der Waals surface area contributed by atoms with Crippen molar-refractivity contribution in [2.75, 3.05) is 23.3 Å². The summed E-state index contributed by atoms with van der Waals surface area (Å²) in [5, 5.41) is 3.00. The lowest BCUT2D eigenvalue weighted by molar-refractivity contribution is -0.141. The zero-order chi connectivity index (χ0) is 19.0. The molecule has 1 fully saturated rings. The maximum Gasteiger partial charge on any atom is 0.433 e. The number of nitrogens with zero attached hydrogens (tertiary/aromatic N) is 5. The van der Waals surface area contributed by atoms with Crippen molar-refractivity contribution in [2.24, 2.45) is 0 Å². The van der Waals surface area contributed by atoms with Gasteiger partial charge in [-0.1, -0.05) is 12.1 Å². The maximum absolute atomic E-state index is 12.8. The van der Waals surface area contributed by atoms with Gasteiger partial charge in [-0.15, -0.1) is 0 Å². The van der Waals surface area contributed by atoms with Gasteiger partial charge in [0.15, 0.2) is 5.82 Å². The van der Waals surface area contributed by atoms with Crippen molar-refractivity contribution in [2.45, 2.75) is 25.6 Å². The molecule has 4 rings (SSSR count). The number of aromatic nitrogens is 4. The third kappa shape index (κ3) is 3.62. The van der Waals surface area contributed by atoms with Crippen LogP contribution >= 0.6 is 0 Å². The molecule has 0 amide bonds. The topological polar surface area (TPSA) is 66.8 Å². The van der Waals surface area contributed by atoms with Crippen LogP contribution in [0.25, 0.3) is 11.0 Å². The van der Waals surface area contributed by atoms with Gasteiger partial charge in [0, 0.05) is 25.3 Å². The minimum absolute atomic E-state index is 0.0157. The third-order valence-corrected chi connectivity index (χ3v) is 4.49. The number of benzene rings is 1. The summed E-state index contributed by atoms with van der Waals surface area (Å²) in [7, 11) is 0. The summed E-state index contributed by atoms with van der Waals surface area (Å²) in [6.45, 7) is 3.23. The van der Waals surface area contributed by atoms with E-state index in [0.29, 0.717) is 6.54 Å². The summed E-state index contributed by atoms with van der Waals surface area (Å²) in [5.74, 6) is 0.779. The van der Waals surface area contributed by atoms with Gasteiger partial charge >= 0.3 is 6.18 Å². The zero-order valence-electron chi connectivity index (χ0n) is 14.5. The van der Waals surface area contributed by atoms with Gasteiger partial charge in [-0.2, -0.15) is 13.2 Å². The zero-order valence-corrected chi connectivity index (χ0v) is 14.5. The molecular formula is C18H17F3N6. The summed E-state index contributed by atoms with van der Waals surface area (Å²) in [5.41, 5.74) is 1.52. The predicted octanol–water partition coefficient (Wildman–Crippen LogP) is 3.44. The molecule has 9 heteroatoms. The number of nitrogens with one attached hydrogen (secondary N) is 1. The van der Waals surface area contributed by atoms with E-state index in [1.54, 1.807) is 0 Å². The Morgan fingerprint density at radius 1 is 1.07 bits per heavy atom. The molecule has 1 aliphatic rings. The van der Waals surface area contributed by atoms with Crippen LogP contribution in [-0.2, 0) is 6.18 Å². The van der Waals surface area contributed by atoms with E-state index in [1.165, 1.54) is 0 Å². The number of rotatable bonds is 3. The summed E-state index contributed by atoms with van der Waals surface area (Å²) in [4.78, 5) is 18.9. The second kappa shape index (κ2) is 6.64. The van der Waals surface area contributed by atoms with Crippen molar-refractivity contribution in [1.29, 1.82) is 0 Å². The fourth-order valence-electron chi connectivity index (χ4n) is 3.22. The lowest BCUT2D eigenvalue weighted by Crippen LogP contribution is -2.28. The SMILES string of the molecule is Cc1nc2ccccc2nc1N1CCC(Nc2nccc(C(F)(F)F)n2)C1. The molecule has 0 bridgehead atoms. The second-order valence-corrected chi connectivity index (χ2v) is 6.46. The van der Waals surface area contributed by atoms with Crippen molar-refractivity contribution in [3.05, 3.63) is 47.9 Å². The molecular weight excluding hydrogens is 357 g/mol. The Morgan fingerprint density at radius 2 is 1.81 bits per heavy atom. The molecule has 1 N–H and O–H groups in total. The van der Waals surface area contributed by atoms with Crippen LogP contribution in [0.4, 0.5) is 24.9 Å². The second-order valence-electron chi connectivity index (χ2n) is 6.46. The first-order valence-electron chi connectivity index (χ1n) is 8.55. The van der Waals surface area contributed by atoms with Gasteiger partial charge < -0.3 is 10.2 Å². The van der Waals surface area contributed by atoms with E-state index in [2.05, 4.69) is 25.2 Å². The van der Waals surface area contributed by atoms with Crippen LogP contribution in [0.15, 0.2) is 36.5 Å². The first-order chi connectivity index (χ1) is 12.9. The molecule has 1 aromatic carbocycles. The Hall–Kier alpha value is -2.97. The number of aryl methyl sites for hydroxylation is 1. The predicted molar refractivity (Wildman–Crippen MR) is 95.5 cm³/mol. The van der Waals surface area contributed by atoms with Gasteiger partial charge in [0.2, 0.25) is 5.95 Å². The first kappa shape index (κ1) is 17.4. The van der Waals surface area contributed by atoms with Crippen LogP contribution in [-0.4, -0.2) is 39.1 Å². The highest BCUT2D eigenvalue weighted by Gasteiger charge is 2.33. The minimum atomic E-state index is -4.49. The molecule has 2 aromatic heterocycles. The van der Waals surface area contributed by atoms with Gasteiger partial charge in [-0.25, -0.2) is 19.9 Å². The number of alkyl halides is 3. The third-order valence-electron chi connectivity index (χ3n) is 4.49. The number of anilines is 2. The van der Waals surface area contributed by atoms with E-state index in [9.17, 15) is 13.2 Å². The molecule has 0 radical (unpaired) electrons. The average molecular weight is 374 g/mol. The summed E-state index contributed by atoms with van der Waals surface area (Å²) in [6.07, 6.45) is -2.63. The molecule has 1 aliphatic heterocycles. The van der Waals surface area contributed by atoms with E-state index in [4.69, 9.17) is 4.98 Å². The highest BCUT2D eigenvalue weighted by atomic mass is 19.4. The van der Waals surface area contributed by atoms with Crippen molar-refractivity contribution in [3.8, 4) is 0 Å². The van der Waals surface area contributed by atoms with Crippen molar-refractivity contribution in [3.63, 3.8) is 0 Å². The van der Waals surface area contributed by atoms with Crippen molar-refractivity contribution >= 4 is 22.8 Å². The van der Waals surface area contributed by atoms with Gasteiger partial charge in [0.1, 0.15) is 5.69 Å². The lowest BCUT2D eigenvalue weighted by Gasteiger charge is -2.20. The number of fused-ring (bicyclic) bond motifs is 1. The number of halogens is 3. The molecule has 1 unspecified atom stereocenters. The smallest absolute Gasteiger partial charge is 0.353 e. The van der Waals surface area contributed by atoms with E-state index in [-0.39, 0.29) is 12.0 Å². The maximum atomic E-state index is 12.8. The quantitative estimate of drug-likeness (QED) is 0.758. The Morgan fingerprint density at radius 3 is 2.56 bits per heavy atom. The fourth-order valence-corrected chi connectivity index (χ4v) is 3.22. The van der Waals surface area contributed by atoms with E-state index in [0.717, 1.165) is 47.8 Å². The molecule has 27 heavy (non-hydrogen) atoms. The Kier molecular flexibility index (Phi) is 4.29. The molecule has 1 atom stereocenters. The number of para-hydroxylation sites is 2. The monoisotopic (exact) mass is 374 g/mol. The minimum Gasteiger partial charge on any atom is -0.353 e. The Bertz CT molecular complexity index is 975. The van der Waals surface area contributed by atoms with Crippen LogP contribution < -0.4 is 10.2 Å². The molecule has 0 spiro atoms. The molecule has 140 valence electrons. The molecule has 0 saturated carbocycles. The largest absolute Gasteiger partial charge is 0.433 e. The van der Waals surface area contributed by atoms with Gasteiger partial charge in [-0.05, 0) is 31.5 Å². The first-order valence-corrected chi connectivity index (χ1v) is 8.55. The van der Waals surface area contributed by atoms with Crippen LogP contribution in [0.1, 0.15) is 17.8 Å². The fraction of sp³-hybridized carbons (Fsp3) is 0.333. The van der Waals surface area contributed by atoms with E-state index >= 15 is 0 Å². The lowest BCUT2D eigenvalue weighted by atomic mass is 10.2. The Labute approximate surface area is 153 Å². The molecule has 3 aromatic rings. The van der Waals surface area contributed by atoms with Crippen LogP contribution in [0.5, 0.6) is 0 Å². The summed E-state index contributed by atoms with van der Waals surface area (Å²) in [6, 6.07) is 8.45. The Balaban J connectivity index is 1.50. The van der Waals surface area contributed by atoms with Crippen LogP contribution in [0, 0.1) is 6.92 Å². The van der Waals surface area contributed by atoms with Crippen LogP contribution in [0.2, 0.25) is 0 Å². The van der Waals surface area contributed by atoms with Crippen molar-refractivity contribution < 1.29 is 13.2 Å². The van der Waals surface area contributed by atoms with Crippen LogP contribution in [0.3, 0.4) is 0 Å². The van der Waals surface area contributed by atoms with Gasteiger partial charge in [0.05, 0.1) is 16.7 Å². The molecule has 3 heterocycles. The average Bonchev–Trinajstić information content (AvgIpc) is 3.09. The number of hydrogen-bond donors (Lipinski definition) is 1. The number of hydrogen-bond acceptors (Lipinski definition) is 6. The summed E-state index contributed by atoms with van der Waals surface area (Å²) < 4.78 is 38.4. The van der Waals surface area contributed by atoms with Gasteiger partial charge in [0.25, 0.3) is 0 Å². The van der Waals surface area contributed by atoms with E-state index in [1.807, 2.05) is 31.2 Å². The highest BCUT2D eigenvalue weighted by Crippen LogP contribution is 2.28. The highest BCUT2D eigenvalue weighted by molar-refractivity contribution is 5.76. The summed E-state index contributed by atoms with van der Waals surface area (Å²) >= 11 is 0. The standard InChI is InChI=1S/C18H17F3N6/c1-11-16(25-14-5-3-2-4-13(14)23-11)27-9-7-12(10-27)24-17-22-8-6-15(26-17)18(19,20)21/h2-6,8,12H,7,9-10H2,1H3,(H,22,24,26). The molecule has 0 aliphatic carbocycles. The molecule has 6 nitrogen and oxygen atoms in total. The van der Waals surface area contributed by atoms with Crippen molar-refractivity contribution in [1.82, 2.24) is 19.9 Å². The molecule has 1 saturated heterocycles. The van der Waals surface area contributed by atoms with Gasteiger partial charge in [-0.3, -0.25) is 0 Å². The normalized spacial score (nSPS) is 17.5.